The number of likely N-dealkylation sites (tertiary alicyclic amines) is 1. The zero-order chi connectivity index (χ0) is 18.5. The molecule has 0 spiro atoms. The Morgan fingerprint density at radius 3 is 2.69 bits per heavy atom. The summed E-state index contributed by atoms with van der Waals surface area (Å²) in [6.07, 6.45) is 5.82. The van der Waals surface area contributed by atoms with Crippen molar-refractivity contribution in [1.29, 1.82) is 0 Å². The Labute approximate surface area is 156 Å². The summed E-state index contributed by atoms with van der Waals surface area (Å²) in [5, 5.41) is 3.47. The molecule has 0 bridgehead atoms. The SMILES string of the molecule is COc1ccc(Cl)cc1C(=O)NC1CCN(C(=O)c2cnccn2)CC1. The summed E-state index contributed by atoms with van der Waals surface area (Å²) in [5.41, 5.74) is 0.733. The van der Waals surface area contributed by atoms with Gasteiger partial charge in [-0.1, -0.05) is 11.6 Å². The second-order valence-corrected chi connectivity index (χ2v) is 6.41. The van der Waals surface area contributed by atoms with E-state index in [2.05, 4.69) is 15.3 Å². The Kier molecular flexibility index (Phi) is 5.68. The number of hydrogen-bond acceptors (Lipinski definition) is 5. The number of hydrogen-bond donors (Lipinski definition) is 1. The van der Waals surface area contributed by atoms with Crippen molar-refractivity contribution in [3.63, 3.8) is 0 Å². The molecule has 0 aliphatic carbocycles. The molecule has 1 aromatic heterocycles. The molecule has 8 heteroatoms. The van der Waals surface area contributed by atoms with E-state index in [1.54, 1.807) is 23.1 Å². The van der Waals surface area contributed by atoms with Crippen LogP contribution in [0.2, 0.25) is 5.02 Å². The van der Waals surface area contributed by atoms with Crippen molar-refractivity contribution in [3.05, 3.63) is 53.1 Å². The minimum Gasteiger partial charge on any atom is -0.496 e. The van der Waals surface area contributed by atoms with Crippen LogP contribution in [0.4, 0.5) is 0 Å². The number of benzene rings is 1. The maximum Gasteiger partial charge on any atom is 0.274 e. The van der Waals surface area contributed by atoms with Crippen molar-refractivity contribution < 1.29 is 14.3 Å². The summed E-state index contributed by atoms with van der Waals surface area (Å²) in [5.74, 6) is 0.101. The van der Waals surface area contributed by atoms with E-state index in [9.17, 15) is 9.59 Å². The highest BCUT2D eigenvalue weighted by atomic mass is 35.5. The van der Waals surface area contributed by atoms with Gasteiger partial charge in [-0.3, -0.25) is 14.6 Å². The lowest BCUT2D eigenvalue weighted by atomic mass is 10.0. The van der Waals surface area contributed by atoms with Gasteiger partial charge in [0.15, 0.2) is 0 Å². The highest BCUT2D eigenvalue weighted by Gasteiger charge is 2.26. The number of halogens is 1. The normalized spacial score (nSPS) is 14.8. The van der Waals surface area contributed by atoms with Crippen LogP contribution in [-0.4, -0.2) is 52.9 Å². The molecule has 1 aliphatic heterocycles. The summed E-state index contributed by atoms with van der Waals surface area (Å²) >= 11 is 5.98. The zero-order valence-electron chi connectivity index (χ0n) is 14.3. The first-order chi connectivity index (χ1) is 12.6. The van der Waals surface area contributed by atoms with Crippen molar-refractivity contribution in [2.24, 2.45) is 0 Å². The van der Waals surface area contributed by atoms with E-state index in [0.717, 1.165) is 0 Å². The number of carbonyl (C=O) groups is 2. The van der Waals surface area contributed by atoms with Crippen LogP contribution in [-0.2, 0) is 0 Å². The van der Waals surface area contributed by atoms with Crippen molar-refractivity contribution in [2.45, 2.75) is 18.9 Å². The molecule has 1 aliphatic rings. The lowest BCUT2D eigenvalue weighted by Crippen LogP contribution is -2.46. The molecule has 1 saturated heterocycles. The fraction of sp³-hybridized carbons (Fsp3) is 0.333. The third-order valence-electron chi connectivity index (χ3n) is 4.31. The molecule has 136 valence electrons. The predicted octanol–water partition coefficient (Wildman–Crippen LogP) is 2.17. The molecule has 1 fully saturated rings. The lowest BCUT2D eigenvalue weighted by Gasteiger charge is -2.32. The van der Waals surface area contributed by atoms with Crippen LogP contribution in [0.3, 0.4) is 0 Å². The Hall–Kier alpha value is -2.67. The maximum absolute atomic E-state index is 12.5. The Balaban J connectivity index is 1.58. The summed E-state index contributed by atoms with van der Waals surface area (Å²) in [7, 11) is 1.51. The number of carbonyl (C=O) groups excluding carboxylic acids is 2. The molecule has 0 saturated carbocycles. The Morgan fingerprint density at radius 1 is 1.27 bits per heavy atom. The van der Waals surface area contributed by atoms with Gasteiger partial charge in [-0.2, -0.15) is 0 Å². The average Bonchev–Trinajstić information content (AvgIpc) is 2.68. The van der Waals surface area contributed by atoms with E-state index in [1.165, 1.54) is 25.7 Å². The van der Waals surface area contributed by atoms with Gasteiger partial charge in [-0.15, -0.1) is 0 Å². The zero-order valence-corrected chi connectivity index (χ0v) is 15.1. The molecule has 26 heavy (non-hydrogen) atoms. The number of ether oxygens (including phenoxy) is 1. The van der Waals surface area contributed by atoms with Gasteiger partial charge in [0.05, 0.1) is 18.9 Å². The standard InChI is InChI=1S/C18H19ClN4O3/c1-26-16-3-2-12(19)10-14(16)17(24)22-13-4-8-23(9-5-13)18(25)15-11-20-6-7-21-15/h2-3,6-7,10-11,13H,4-5,8-9H2,1H3,(H,22,24). The first kappa shape index (κ1) is 18.1. The van der Waals surface area contributed by atoms with Crippen LogP contribution in [0, 0.1) is 0 Å². The van der Waals surface area contributed by atoms with E-state index in [1.807, 2.05) is 0 Å². The van der Waals surface area contributed by atoms with Crippen molar-refractivity contribution >= 4 is 23.4 Å². The van der Waals surface area contributed by atoms with E-state index >= 15 is 0 Å². The van der Waals surface area contributed by atoms with Crippen LogP contribution in [0.1, 0.15) is 33.7 Å². The van der Waals surface area contributed by atoms with Crippen LogP contribution >= 0.6 is 11.6 Å². The van der Waals surface area contributed by atoms with Gasteiger partial charge < -0.3 is 15.0 Å². The van der Waals surface area contributed by atoms with Crippen LogP contribution < -0.4 is 10.1 Å². The Bertz CT molecular complexity index is 792. The third kappa shape index (κ3) is 4.11. The number of rotatable bonds is 4. The quantitative estimate of drug-likeness (QED) is 0.886. The molecular weight excluding hydrogens is 356 g/mol. The van der Waals surface area contributed by atoms with Crippen molar-refractivity contribution in [1.82, 2.24) is 20.2 Å². The van der Waals surface area contributed by atoms with E-state index in [-0.39, 0.29) is 17.9 Å². The molecule has 2 amide bonds. The molecule has 2 aromatic rings. The maximum atomic E-state index is 12.5. The van der Waals surface area contributed by atoms with E-state index in [4.69, 9.17) is 16.3 Å². The molecular formula is C18H19ClN4O3. The van der Waals surface area contributed by atoms with Gasteiger partial charge in [0, 0.05) is 36.5 Å². The first-order valence-corrected chi connectivity index (χ1v) is 8.66. The number of nitrogens with one attached hydrogen (secondary N) is 1. The molecule has 0 atom stereocenters. The van der Waals surface area contributed by atoms with Crippen molar-refractivity contribution in [2.75, 3.05) is 20.2 Å². The molecule has 3 rings (SSSR count). The fourth-order valence-electron chi connectivity index (χ4n) is 2.92. The number of amides is 2. The number of piperidine rings is 1. The van der Waals surface area contributed by atoms with Crippen LogP contribution in [0.25, 0.3) is 0 Å². The van der Waals surface area contributed by atoms with Crippen LogP contribution in [0.5, 0.6) is 5.75 Å². The van der Waals surface area contributed by atoms with Gasteiger partial charge in [-0.25, -0.2) is 4.98 Å². The lowest BCUT2D eigenvalue weighted by molar-refractivity contribution is 0.0692. The summed E-state index contributed by atoms with van der Waals surface area (Å²) < 4.78 is 5.22. The third-order valence-corrected chi connectivity index (χ3v) is 4.54. The van der Waals surface area contributed by atoms with Gasteiger partial charge in [0.25, 0.3) is 11.8 Å². The highest BCUT2D eigenvalue weighted by Crippen LogP contribution is 2.23. The summed E-state index contributed by atoms with van der Waals surface area (Å²) in [4.78, 5) is 34.6. The summed E-state index contributed by atoms with van der Waals surface area (Å²) in [6, 6.07) is 4.91. The Morgan fingerprint density at radius 2 is 2.04 bits per heavy atom. The molecule has 7 nitrogen and oxygen atoms in total. The molecule has 1 N–H and O–H groups in total. The molecule has 0 radical (unpaired) electrons. The van der Waals surface area contributed by atoms with E-state index in [0.29, 0.717) is 48.0 Å². The monoisotopic (exact) mass is 374 g/mol. The highest BCUT2D eigenvalue weighted by molar-refractivity contribution is 6.31. The number of methoxy groups -OCH3 is 1. The number of nitrogens with zero attached hydrogens (tertiary/aromatic N) is 3. The van der Waals surface area contributed by atoms with Crippen molar-refractivity contribution in [3.8, 4) is 5.75 Å². The second kappa shape index (κ2) is 8.14. The second-order valence-electron chi connectivity index (χ2n) is 5.98. The van der Waals surface area contributed by atoms with Gasteiger partial charge in [0.2, 0.25) is 0 Å². The number of aromatic nitrogens is 2. The van der Waals surface area contributed by atoms with Gasteiger partial charge in [-0.05, 0) is 31.0 Å². The first-order valence-electron chi connectivity index (χ1n) is 8.28. The topological polar surface area (TPSA) is 84.4 Å². The van der Waals surface area contributed by atoms with Gasteiger partial charge >= 0.3 is 0 Å². The van der Waals surface area contributed by atoms with Crippen LogP contribution in [0.15, 0.2) is 36.8 Å². The summed E-state index contributed by atoms with van der Waals surface area (Å²) in [6.45, 7) is 1.10. The van der Waals surface area contributed by atoms with E-state index < -0.39 is 0 Å². The smallest absolute Gasteiger partial charge is 0.274 e. The van der Waals surface area contributed by atoms with Gasteiger partial charge in [0.1, 0.15) is 11.4 Å². The predicted molar refractivity (Wildman–Crippen MR) is 96.4 cm³/mol. The fourth-order valence-corrected chi connectivity index (χ4v) is 3.09. The molecule has 1 aromatic carbocycles. The minimum atomic E-state index is -0.233. The molecule has 2 heterocycles. The molecule has 0 unspecified atom stereocenters. The average molecular weight is 375 g/mol. The minimum absolute atomic E-state index is 0.0166. The largest absolute Gasteiger partial charge is 0.496 e.